The van der Waals surface area contributed by atoms with Gasteiger partial charge in [-0.05, 0) is 17.7 Å². The molecule has 1 atom stereocenters. The largest absolute Gasteiger partial charge is 0.505 e. The second kappa shape index (κ2) is 5.42. The lowest BCUT2D eigenvalue weighted by Gasteiger charge is -2.33. The Morgan fingerprint density at radius 2 is 2.06 bits per heavy atom. The molecule has 1 aliphatic heterocycles. The lowest BCUT2D eigenvalue weighted by molar-refractivity contribution is 0.147. The predicted molar refractivity (Wildman–Crippen MR) is 61.2 cm³/mol. The van der Waals surface area contributed by atoms with Gasteiger partial charge in [-0.2, -0.15) is 0 Å². The van der Waals surface area contributed by atoms with Gasteiger partial charge >= 0.3 is 0 Å². The minimum atomic E-state index is -0.698. The molecule has 0 aromatic heterocycles. The smallest absolute Gasteiger partial charge is 0.165 e. The van der Waals surface area contributed by atoms with Crippen LogP contribution < -0.4 is 5.32 Å². The zero-order valence-electron chi connectivity index (χ0n) is 9.50. The van der Waals surface area contributed by atoms with Gasteiger partial charge in [-0.3, -0.25) is 4.90 Å². The summed E-state index contributed by atoms with van der Waals surface area (Å²) in [5, 5.41) is 12.3. The molecule has 3 nitrogen and oxygen atoms in total. The van der Waals surface area contributed by atoms with Gasteiger partial charge in [-0.25, -0.2) is 8.78 Å². The molecule has 1 aliphatic rings. The molecule has 0 unspecified atom stereocenters. The van der Waals surface area contributed by atoms with Gasteiger partial charge in [0, 0.05) is 26.2 Å². The fourth-order valence-electron chi connectivity index (χ4n) is 2.12. The van der Waals surface area contributed by atoms with Crippen LogP contribution in [0.3, 0.4) is 0 Å². The fourth-order valence-corrected chi connectivity index (χ4v) is 2.12. The van der Waals surface area contributed by atoms with Gasteiger partial charge < -0.3 is 10.4 Å². The molecule has 1 saturated heterocycles. The number of benzene rings is 1. The summed E-state index contributed by atoms with van der Waals surface area (Å²) in [7, 11) is 0. The zero-order chi connectivity index (χ0) is 12.3. The first kappa shape index (κ1) is 12.3. The van der Waals surface area contributed by atoms with Crippen LogP contribution in [0.5, 0.6) is 5.75 Å². The van der Waals surface area contributed by atoms with E-state index in [9.17, 15) is 8.78 Å². The van der Waals surface area contributed by atoms with Crippen LogP contribution in [-0.2, 0) is 0 Å². The van der Waals surface area contributed by atoms with E-state index >= 15 is 0 Å². The average molecular weight is 242 g/mol. The summed E-state index contributed by atoms with van der Waals surface area (Å²) in [6.07, 6.45) is 0. The van der Waals surface area contributed by atoms with Crippen LogP contribution >= 0.6 is 0 Å². The molecule has 0 aliphatic carbocycles. The van der Waals surface area contributed by atoms with E-state index in [2.05, 4.69) is 5.32 Å². The Hall–Kier alpha value is -1.20. The summed E-state index contributed by atoms with van der Waals surface area (Å²) < 4.78 is 26.4. The van der Waals surface area contributed by atoms with Crippen molar-refractivity contribution in [2.24, 2.45) is 0 Å². The van der Waals surface area contributed by atoms with Crippen LogP contribution in [0.1, 0.15) is 11.6 Å². The van der Waals surface area contributed by atoms with Crippen molar-refractivity contribution in [3.05, 3.63) is 29.6 Å². The van der Waals surface area contributed by atoms with Crippen molar-refractivity contribution >= 4 is 0 Å². The third-order valence-electron chi connectivity index (χ3n) is 3.10. The van der Waals surface area contributed by atoms with Crippen LogP contribution in [0.4, 0.5) is 8.78 Å². The minimum Gasteiger partial charge on any atom is -0.505 e. The molecular weight excluding hydrogens is 226 g/mol. The van der Waals surface area contributed by atoms with E-state index in [0.29, 0.717) is 5.56 Å². The Bertz CT molecular complexity index is 381. The molecule has 0 bridgehead atoms. The van der Waals surface area contributed by atoms with Crippen molar-refractivity contribution in [1.29, 1.82) is 0 Å². The van der Waals surface area contributed by atoms with Crippen molar-refractivity contribution < 1.29 is 13.9 Å². The number of aromatic hydroxyl groups is 1. The molecule has 1 aromatic rings. The highest BCUT2D eigenvalue weighted by atomic mass is 19.1. The molecule has 5 heteroatoms. The van der Waals surface area contributed by atoms with Crippen molar-refractivity contribution in [3.8, 4) is 5.75 Å². The van der Waals surface area contributed by atoms with Gasteiger partial charge in [0.1, 0.15) is 6.67 Å². The maximum atomic E-state index is 13.2. The molecule has 0 saturated carbocycles. The Labute approximate surface area is 99.1 Å². The van der Waals surface area contributed by atoms with Crippen LogP contribution in [0, 0.1) is 5.82 Å². The molecule has 0 spiro atoms. The van der Waals surface area contributed by atoms with Gasteiger partial charge in [0.15, 0.2) is 11.6 Å². The molecule has 1 aromatic carbocycles. The Balaban J connectivity index is 2.18. The number of hydrogen-bond acceptors (Lipinski definition) is 3. The first-order chi connectivity index (χ1) is 8.22. The maximum Gasteiger partial charge on any atom is 0.165 e. The lowest BCUT2D eigenvalue weighted by Crippen LogP contribution is -2.45. The normalized spacial score (nSPS) is 19.2. The molecule has 94 valence electrons. The summed E-state index contributed by atoms with van der Waals surface area (Å²) in [4.78, 5) is 1.99. The van der Waals surface area contributed by atoms with E-state index in [1.54, 1.807) is 6.07 Å². The Morgan fingerprint density at radius 3 is 2.65 bits per heavy atom. The molecule has 17 heavy (non-hydrogen) atoms. The topological polar surface area (TPSA) is 35.5 Å². The molecule has 2 rings (SSSR count). The van der Waals surface area contributed by atoms with Crippen molar-refractivity contribution in [2.45, 2.75) is 6.04 Å². The van der Waals surface area contributed by atoms with E-state index in [0.717, 1.165) is 26.2 Å². The van der Waals surface area contributed by atoms with Crippen LogP contribution in [0.15, 0.2) is 18.2 Å². The van der Waals surface area contributed by atoms with Crippen LogP contribution in [0.25, 0.3) is 0 Å². The summed E-state index contributed by atoms with van der Waals surface area (Å²) in [6.45, 7) is 2.58. The van der Waals surface area contributed by atoms with Gasteiger partial charge in [0.25, 0.3) is 0 Å². The number of nitrogens with one attached hydrogen (secondary N) is 1. The molecule has 2 N–H and O–H groups in total. The van der Waals surface area contributed by atoms with Gasteiger partial charge in [0.2, 0.25) is 0 Å². The predicted octanol–water partition coefficient (Wildman–Crippen LogP) is 1.45. The maximum absolute atomic E-state index is 13.2. The Morgan fingerprint density at radius 1 is 1.35 bits per heavy atom. The van der Waals surface area contributed by atoms with Crippen molar-refractivity contribution in [2.75, 3.05) is 32.9 Å². The Kier molecular flexibility index (Phi) is 3.91. The third-order valence-corrected chi connectivity index (χ3v) is 3.10. The number of halogens is 2. The molecule has 1 fully saturated rings. The van der Waals surface area contributed by atoms with Crippen molar-refractivity contribution in [3.63, 3.8) is 0 Å². The zero-order valence-corrected chi connectivity index (χ0v) is 9.50. The average Bonchev–Trinajstić information content (AvgIpc) is 2.36. The van der Waals surface area contributed by atoms with Gasteiger partial charge in [-0.1, -0.05) is 6.07 Å². The molecule has 1 heterocycles. The second-order valence-corrected chi connectivity index (χ2v) is 4.17. The molecular formula is C12H16F2N2O. The number of nitrogens with zero attached hydrogens (tertiary/aromatic N) is 1. The first-order valence-electron chi connectivity index (χ1n) is 5.71. The highest BCUT2D eigenvalue weighted by Crippen LogP contribution is 2.25. The fraction of sp³-hybridized carbons (Fsp3) is 0.500. The highest BCUT2D eigenvalue weighted by molar-refractivity contribution is 5.30. The van der Waals surface area contributed by atoms with E-state index in [1.165, 1.54) is 12.1 Å². The standard InChI is InChI=1S/C12H16F2N2O/c13-8-11(16-5-3-15-4-6-16)9-1-2-12(17)10(14)7-9/h1-2,7,11,15,17H,3-6,8H2/t11-/m0/s1. The first-order valence-corrected chi connectivity index (χ1v) is 5.71. The number of phenolic OH excluding ortho intramolecular Hbond substituents is 1. The van der Waals surface area contributed by atoms with Crippen LogP contribution in [0.2, 0.25) is 0 Å². The minimum absolute atomic E-state index is 0.397. The summed E-state index contributed by atoms with van der Waals surface area (Å²) in [5.41, 5.74) is 0.574. The lowest BCUT2D eigenvalue weighted by atomic mass is 10.1. The van der Waals surface area contributed by atoms with Gasteiger partial charge in [-0.15, -0.1) is 0 Å². The number of alkyl halides is 1. The summed E-state index contributed by atoms with van der Waals surface area (Å²) >= 11 is 0. The SMILES string of the molecule is Oc1ccc([C@H](CF)N2CCNCC2)cc1F. The monoisotopic (exact) mass is 242 g/mol. The quantitative estimate of drug-likeness (QED) is 0.842. The number of rotatable bonds is 3. The number of phenols is 1. The van der Waals surface area contributed by atoms with Crippen LogP contribution in [-0.4, -0.2) is 42.9 Å². The molecule has 0 radical (unpaired) electrons. The molecule has 0 amide bonds. The van der Waals surface area contributed by atoms with E-state index in [4.69, 9.17) is 5.11 Å². The second-order valence-electron chi connectivity index (χ2n) is 4.17. The van der Waals surface area contributed by atoms with E-state index in [1.807, 2.05) is 4.90 Å². The third kappa shape index (κ3) is 2.73. The number of piperazine rings is 1. The number of hydrogen-bond donors (Lipinski definition) is 2. The van der Waals surface area contributed by atoms with E-state index < -0.39 is 24.3 Å². The van der Waals surface area contributed by atoms with Crippen molar-refractivity contribution in [1.82, 2.24) is 10.2 Å². The summed E-state index contributed by atoms with van der Waals surface area (Å²) in [5.74, 6) is -1.09. The highest BCUT2D eigenvalue weighted by Gasteiger charge is 2.22. The summed E-state index contributed by atoms with van der Waals surface area (Å²) in [6, 6.07) is 3.63. The van der Waals surface area contributed by atoms with Gasteiger partial charge in [0.05, 0.1) is 6.04 Å². The van der Waals surface area contributed by atoms with E-state index in [-0.39, 0.29) is 0 Å².